The van der Waals surface area contributed by atoms with E-state index in [9.17, 15) is 9.59 Å². The van der Waals surface area contributed by atoms with Gasteiger partial charge in [-0.25, -0.2) is 4.79 Å². The molecule has 6 rings (SSSR count). The number of para-hydroxylation sites is 1. The Kier molecular flexibility index (Phi) is 9.33. The first kappa shape index (κ1) is 30.6. The molecule has 1 aliphatic heterocycles. The lowest BCUT2D eigenvalue weighted by atomic mass is 9.89. The molecule has 8 heteroatoms. The van der Waals surface area contributed by atoms with E-state index in [1.807, 2.05) is 67.8 Å². The van der Waals surface area contributed by atoms with E-state index in [4.69, 9.17) is 0 Å². The number of nitrogens with zero attached hydrogens (tertiary/aromatic N) is 2. The summed E-state index contributed by atoms with van der Waals surface area (Å²) in [6.07, 6.45) is 3.76. The SMILES string of the molecule is C[C@@H](c1c[nH]c2ccccc12)[C@@H](NC(=O)N1CCC(c2ccccc2)CC1)C(=O)Nc1cc(CN(C)C)ccc1-c1cccs1. The molecule has 1 saturated heterocycles. The van der Waals surface area contributed by atoms with Crippen LogP contribution in [0.4, 0.5) is 10.5 Å². The van der Waals surface area contributed by atoms with Gasteiger partial charge in [0, 0.05) is 58.8 Å². The Bertz CT molecular complexity index is 1740. The van der Waals surface area contributed by atoms with Crippen molar-refractivity contribution in [3.05, 3.63) is 113 Å². The molecule has 232 valence electrons. The Morgan fingerprint density at radius 3 is 2.47 bits per heavy atom. The third-order valence-electron chi connectivity index (χ3n) is 8.85. The average Bonchev–Trinajstić information content (AvgIpc) is 3.74. The second-order valence-electron chi connectivity index (χ2n) is 12.3. The molecule has 2 aromatic heterocycles. The van der Waals surface area contributed by atoms with E-state index in [1.165, 1.54) is 5.56 Å². The van der Waals surface area contributed by atoms with Crippen LogP contribution in [0.3, 0.4) is 0 Å². The van der Waals surface area contributed by atoms with Gasteiger partial charge < -0.3 is 25.4 Å². The minimum Gasteiger partial charge on any atom is -0.361 e. The number of likely N-dealkylation sites (tertiary alicyclic amines) is 1. The summed E-state index contributed by atoms with van der Waals surface area (Å²) in [4.78, 5) is 36.5. The Morgan fingerprint density at radius 1 is 0.978 bits per heavy atom. The largest absolute Gasteiger partial charge is 0.361 e. The van der Waals surface area contributed by atoms with Crippen molar-refractivity contribution in [2.24, 2.45) is 0 Å². The van der Waals surface area contributed by atoms with Crippen LogP contribution in [0, 0.1) is 0 Å². The minimum absolute atomic E-state index is 0.201. The zero-order valence-electron chi connectivity index (χ0n) is 26.1. The molecule has 3 amide bonds. The third kappa shape index (κ3) is 6.97. The van der Waals surface area contributed by atoms with Gasteiger partial charge in [0.2, 0.25) is 5.91 Å². The van der Waals surface area contributed by atoms with Crippen molar-refractivity contribution in [1.29, 1.82) is 0 Å². The van der Waals surface area contributed by atoms with Crippen molar-refractivity contribution in [2.45, 2.75) is 44.2 Å². The van der Waals surface area contributed by atoms with Crippen LogP contribution in [0.1, 0.15) is 48.3 Å². The van der Waals surface area contributed by atoms with Crippen LogP contribution in [0.5, 0.6) is 0 Å². The van der Waals surface area contributed by atoms with Gasteiger partial charge in [-0.2, -0.15) is 0 Å². The van der Waals surface area contributed by atoms with Crippen molar-refractivity contribution in [2.75, 3.05) is 32.5 Å². The summed E-state index contributed by atoms with van der Waals surface area (Å²) >= 11 is 1.64. The molecular weight excluding hydrogens is 579 g/mol. The summed E-state index contributed by atoms with van der Waals surface area (Å²) in [5.74, 6) is -0.0909. The molecule has 3 heterocycles. The molecule has 2 atom stereocenters. The number of H-pyrrole nitrogens is 1. The van der Waals surface area contributed by atoms with E-state index in [-0.39, 0.29) is 17.9 Å². The first-order chi connectivity index (χ1) is 21.9. The van der Waals surface area contributed by atoms with Gasteiger partial charge in [-0.15, -0.1) is 11.3 Å². The van der Waals surface area contributed by atoms with Crippen LogP contribution in [-0.2, 0) is 11.3 Å². The molecule has 0 aliphatic carbocycles. The van der Waals surface area contributed by atoms with E-state index in [0.717, 1.165) is 57.5 Å². The zero-order valence-corrected chi connectivity index (χ0v) is 26.9. The Morgan fingerprint density at radius 2 is 1.73 bits per heavy atom. The summed E-state index contributed by atoms with van der Waals surface area (Å²) in [5, 5.41) is 9.51. The van der Waals surface area contributed by atoms with E-state index >= 15 is 0 Å². The van der Waals surface area contributed by atoms with Crippen LogP contribution < -0.4 is 10.6 Å². The standard InChI is InChI=1S/C37H41N5O2S/c1-25(31-23-38-32-13-8-7-12-29(31)32)35(40-37(44)42-19-17-28(18-20-42)27-10-5-4-6-11-27)36(43)39-33-22-26(24-41(2)3)15-16-30(33)34-14-9-21-45-34/h4-16,21-23,25,28,35,38H,17-20,24H2,1-3H3,(H,39,43)(H,40,44)/t25-,35+/m0/s1. The number of urea groups is 1. The van der Waals surface area contributed by atoms with Crippen LogP contribution in [0.25, 0.3) is 21.3 Å². The Hall–Kier alpha value is -4.40. The number of fused-ring (bicyclic) bond motifs is 1. The number of piperidine rings is 1. The van der Waals surface area contributed by atoms with Gasteiger partial charge in [-0.05, 0) is 73.1 Å². The Balaban J connectivity index is 1.27. The third-order valence-corrected chi connectivity index (χ3v) is 9.76. The fourth-order valence-electron chi connectivity index (χ4n) is 6.45. The predicted octanol–water partition coefficient (Wildman–Crippen LogP) is 7.66. The second-order valence-corrected chi connectivity index (χ2v) is 13.2. The number of rotatable bonds is 9. The molecule has 0 radical (unpaired) electrons. The van der Waals surface area contributed by atoms with E-state index in [0.29, 0.717) is 19.0 Å². The molecule has 0 saturated carbocycles. The zero-order chi connectivity index (χ0) is 31.3. The maximum absolute atomic E-state index is 14.3. The number of carbonyl (C=O) groups excluding carboxylic acids is 2. The number of hydrogen-bond donors (Lipinski definition) is 3. The number of benzene rings is 3. The van der Waals surface area contributed by atoms with Crippen molar-refractivity contribution < 1.29 is 9.59 Å². The predicted molar refractivity (Wildman–Crippen MR) is 185 cm³/mol. The summed E-state index contributed by atoms with van der Waals surface area (Å²) < 4.78 is 0. The average molecular weight is 620 g/mol. The van der Waals surface area contributed by atoms with Gasteiger partial charge in [0.25, 0.3) is 0 Å². The van der Waals surface area contributed by atoms with Gasteiger partial charge in [0.05, 0.1) is 0 Å². The number of aromatic nitrogens is 1. The molecule has 5 aromatic rings. The highest BCUT2D eigenvalue weighted by atomic mass is 32.1. The normalized spacial score (nSPS) is 15.2. The van der Waals surface area contributed by atoms with Crippen LogP contribution in [0.15, 0.2) is 96.5 Å². The molecule has 3 aromatic carbocycles. The first-order valence-corrected chi connectivity index (χ1v) is 16.5. The number of anilines is 1. The maximum atomic E-state index is 14.3. The molecule has 0 spiro atoms. The highest BCUT2D eigenvalue weighted by Crippen LogP contribution is 2.34. The lowest BCUT2D eigenvalue weighted by Crippen LogP contribution is -2.53. The van der Waals surface area contributed by atoms with Crippen LogP contribution in [-0.4, -0.2) is 59.9 Å². The highest BCUT2D eigenvalue weighted by molar-refractivity contribution is 7.13. The smallest absolute Gasteiger partial charge is 0.318 e. The Labute approximate surface area is 269 Å². The van der Waals surface area contributed by atoms with Gasteiger partial charge >= 0.3 is 6.03 Å². The van der Waals surface area contributed by atoms with E-state index in [2.05, 4.69) is 75.1 Å². The van der Waals surface area contributed by atoms with Gasteiger partial charge in [-0.1, -0.05) is 73.7 Å². The minimum atomic E-state index is -0.794. The van der Waals surface area contributed by atoms with E-state index < -0.39 is 6.04 Å². The van der Waals surface area contributed by atoms with Crippen molar-refractivity contribution in [3.63, 3.8) is 0 Å². The monoisotopic (exact) mass is 619 g/mol. The molecular formula is C37H41N5O2S. The summed E-state index contributed by atoms with van der Waals surface area (Å²) in [6, 6.07) is 27.9. The maximum Gasteiger partial charge on any atom is 0.318 e. The van der Waals surface area contributed by atoms with Crippen LogP contribution >= 0.6 is 11.3 Å². The number of carbonyl (C=O) groups is 2. The number of aromatic amines is 1. The topological polar surface area (TPSA) is 80.5 Å². The fourth-order valence-corrected chi connectivity index (χ4v) is 7.21. The molecule has 3 N–H and O–H groups in total. The van der Waals surface area contributed by atoms with Gasteiger partial charge in [0.15, 0.2) is 0 Å². The number of nitrogens with one attached hydrogen (secondary N) is 3. The molecule has 45 heavy (non-hydrogen) atoms. The van der Waals surface area contributed by atoms with Crippen molar-refractivity contribution in [1.82, 2.24) is 20.1 Å². The summed E-state index contributed by atoms with van der Waals surface area (Å²) in [7, 11) is 4.06. The highest BCUT2D eigenvalue weighted by Gasteiger charge is 2.33. The number of hydrogen-bond acceptors (Lipinski definition) is 4. The van der Waals surface area contributed by atoms with Crippen molar-refractivity contribution >= 4 is 39.9 Å². The van der Waals surface area contributed by atoms with Gasteiger partial charge in [0.1, 0.15) is 6.04 Å². The second kappa shape index (κ2) is 13.7. The molecule has 1 aliphatic rings. The summed E-state index contributed by atoms with van der Waals surface area (Å²) in [6.45, 7) is 4.06. The first-order valence-electron chi connectivity index (χ1n) is 15.7. The molecule has 0 unspecified atom stereocenters. The molecule has 1 fully saturated rings. The van der Waals surface area contributed by atoms with Crippen LogP contribution in [0.2, 0.25) is 0 Å². The number of amides is 3. The van der Waals surface area contributed by atoms with Crippen molar-refractivity contribution in [3.8, 4) is 10.4 Å². The fraction of sp³-hybridized carbons (Fsp3) is 0.297. The molecule has 0 bridgehead atoms. The summed E-state index contributed by atoms with van der Waals surface area (Å²) in [5.41, 5.74) is 6.13. The molecule has 7 nitrogen and oxygen atoms in total. The van der Waals surface area contributed by atoms with E-state index in [1.54, 1.807) is 11.3 Å². The lowest BCUT2D eigenvalue weighted by molar-refractivity contribution is -0.118. The quantitative estimate of drug-likeness (QED) is 0.159. The lowest BCUT2D eigenvalue weighted by Gasteiger charge is -2.34. The number of thiophene rings is 1. The van der Waals surface area contributed by atoms with Gasteiger partial charge in [-0.3, -0.25) is 4.79 Å².